The van der Waals surface area contributed by atoms with Gasteiger partial charge in [-0.05, 0) is 30.2 Å². The average Bonchev–Trinajstić information content (AvgIpc) is 2.83. The van der Waals surface area contributed by atoms with Gasteiger partial charge >= 0.3 is 0 Å². The van der Waals surface area contributed by atoms with Crippen LogP contribution < -0.4 is 5.32 Å². The van der Waals surface area contributed by atoms with E-state index in [2.05, 4.69) is 18.3 Å². The molecule has 2 rings (SSSR count). The van der Waals surface area contributed by atoms with Gasteiger partial charge in [-0.2, -0.15) is 11.8 Å². The van der Waals surface area contributed by atoms with Gasteiger partial charge in [-0.25, -0.2) is 0 Å². The van der Waals surface area contributed by atoms with Crippen LogP contribution in [-0.2, 0) is 11.2 Å². The van der Waals surface area contributed by atoms with Crippen molar-refractivity contribution in [2.45, 2.75) is 19.8 Å². The maximum Gasteiger partial charge on any atom is 0.228 e. The Balaban J connectivity index is 2.05. The van der Waals surface area contributed by atoms with Crippen LogP contribution in [0.25, 0.3) is 0 Å². The van der Waals surface area contributed by atoms with Gasteiger partial charge in [-0.3, -0.25) is 4.79 Å². The lowest BCUT2D eigenvalue weighted by atomic mass is 10.1. The van der Waals surface area contributed by atoms with E-state index in [1.165, 1.54) is 5.56 Å². The first kappa shape index (κ1) is 11.5. The maximum atomic E-state index is 12.0. The van der Waals surface area contributed by atoms with Crippen molar-refractivity contribution >= 4 is 23.4 Å². The van der Waals surface area contributed by atoms with Crippen LogP contribution in [0.2, 0.25) is 0 Å². The number of carbonyl (C=O) groups excluding carboxylic acids is 1. The number of amides is 1. The first-order valence-corrected chi connectivity index (χ1v) is 6.93. The molecule has 2 nitrogen and oxygen atoms in total. The van der Waals surface area contributed by atoms with Crippen molar-refractivity contribution in [3.63, 3.8) is 0 Å². The molecule has 0 spiro atoms. The predicted octanol–water partition coefficient (Wildman–Crippen LogP) is 2.94. The molecule has 0 bridgehead atoms. The van der Waals surface area contributed by atoms with Crippen LogP contribution in [0.15, 0.2) is 24.3 Å². The second-order valence-corrected chi connectivity index (χ2v) is 5.21. The van der Waals surface area contributed by atoms with E-state index in [-0.39, 0.29) is 11.8 Å². The molecule has 0 radical (unpaired) electrons. The molecular weight excluding hydrogens is 218 g/mol. The van der Waals surface area contributed by atoms with Gasteiger partial charge in [-0.1, -0.05) is 25.1 Å². The fourth-order valence-electron chi connectivity index (χ4n) is 1.93. The number of benzene rings is 1. The summed E-state index contributed by atoms with van der Waals surface area (Å²) in [5.41, 5.74) is 2.19. The minimum Gasteiger partial charge on any atom is -0.326 e. The molecular formula is C13H17NOS. The second kappa shape index (κ2) is 5.39. The van der Waals surface area contributed by atoms with E-state index in [1.807, 2.05) is 30.0 Å². The largest absolute Gasteiger partial charge is 0.326 e. The zero-order valence-corrected chi connectivity index (χ0v) is 10.3. The Kier molecular flexibility index (Phi) is 3.88. The van der Waals surface area contributed by atoms with Crippen LogP contribution in [0, 0.1) is 5.92 Å². The Labute approximate surface area is 101 Å². The quantitative estimate of drug-likeness (QED) is 0.872. The molecule has 1 aromatic carbocycles. The highest BCUT2D eigenvalue weighted by Crippen LogP contribution is 2.25. The van der Waals surface area contributed by atoms with Gasteiger partial charge in [0.25, 0.3) is 0 Å². The molecule has 1 saturated heterocycles. The standard InChI is InChI=1S/C13H17NOS/c1-2-10-5-3-4-6-12(10)14-13(15)11-7-8-16-9-11/h3-6,11H,2,7-9H2,1H3,(H,14,15). The lowest BCUT2D eigenvalue weighted by Crippen LogP contribution is -2.22. The summed E-state index contributed by atoms with van der Waals surface area (Å²) < 4.78 is 0. The highest BCUT2D eigenvalue weighted by atomic mass is 32.2. The molecule has 86 valence electrons. The molecule has 1 aliphatic rings. The van der Waals surface area contributed by atoms with E-state index in [1.54, 1.807) is 0 Å². The van der Waals surface area contributed by atoms with Crippen LogP contribution in [0.4, 0.5) is 5.69 Å². The average molecular weight is 235 g/mol. The van der Waals surface area contributed by atoms with Gasteiger partial charge in [-0.15, -0.1) is 0 Å². The summed E-state index contributed by atoms with van der Waals surface area (Å²) in [6.45, 7) is 2.11. The number of hydrogen-bond acceptors (Lipinski definition) is 2. The molecule has 0 aromatic heterocycles. The maximum absolute atomic E-state index is 12.0. The molecule has 1 unspecified atom stereocenters. The third-order valence-electron chi connectivity index (χ3n) is 2.96. The first-order valence-electron chi connectivity index (χ1n) is 5.77. The van der Waals surface area contributed by atoms with Crippen molar-refractivity contribution < 1.29 is 4.79 Å². The van der Waals surface area contributed by atoms with E-state index in [0.717, 1.165) is 30.0 Å². The zero-order chi connectivity index (χ0) is 11.4. The Morgan fingerprint density at radius 3 is 3.00 bits per heavy atom. The summed E-state index contributed by atoms with van der Waals surface area (Å²) in [7, 11) is 0. The Morgan fingerprint density at radius 2 is 2.31 bits per heavy atom. The third kappa shape index (κ3) is 2.59. The third-order valence-corrected chi connectivity index (χ3v) is 4.12. The fourth-order valence-corrected chi connectivity index (χ4v) is 3.15. The molecule has 16 heavy (non-hydrogen) atoms. The summed E-state index contributed by atoms with van der Waals surface area (Å²) in [6, 6.07) is 8.04. The number of rotatable bonds is 3. The van der Waals surface area contributed by atoms with Crippen molar-refractivity contribution in [2.75, 3.05) is 16.8 Å². The Bertz CT molecular complexity index is 372. The van der Waals surface area contributed by atoms with Crippen molar-refractivity contribution in [1.82, 2.24) is 0 Å². The van der Waals surface area contributed by atoms with Crippen LogP contribution in [0.3, 0.4) is 0 Å². The molecule has 1 amide bonds. The van der Waals surface area contributed by atoms with E-state index in [9.17, 15) is 4.79 Å². The summed E-state index contributed by atoms with van der Waals surface area (Å²) in [5.74, 6) is 2.48. The van der Waals surface area contributed by atoms with Gasteiger partial charge in [0.1, 0.15) is 0 Å². The van der Waals surface area contributed by atoms with Crippen LogP contribution in [0.1, 0.15) is 18.9 Å². The second-order valence-electron chi connectivity index (χ2n) is 4.06. The van der Waals surface area contributed by atoms with Crippen molar-refractivity contribution in [3.8, 4) is 0 Å². The molecule has 0 saturated carbocycles. The summed E-state index contributed by atoms with van der Waals surface area (Å²) in [6.07, 6.45) is 1.97. The van der Waals surface area contributed by atoms with Crippen LogP contribution in [0.5, 0.6) is 0 Å². The molecule has 1 aliphatic heterocycles. The molecule has 1 heterocycles. The molecule has 1 atom stereocenters. The number of carbonyl (C=O) groups is 1. The number of aryl methyl sites for hydroxylation is 1. The van der Waals surface area contributed by atoms with E-state index in [4.69, 9.17) is 0 Å². The number of para-hydroxylation sites is 1. The van der Waals surface area contributed by atoms with Gasteiger partial charge < -0.3 is 5.32 Å². The van der Waals surface area contributed by atoms with E-state index in [0.29, 0.717) is 0 Å². The van der Waals surface area contributed by atoms with Crippen LogP contribution in [-0.4, -0.2) is 17.4 Å². The van der Waals surface area contributed by atoms with Crippen molar-refractivity contribution in [3.05, 3.63) is 29.8 Å². The monoisotopic (exact) mass is 235 g/mol. The minimum atomic E-state index is 0.186. The fraction of sp³-hybridized carbons (Fsp3) is 0.462. The van der Waals surface area contributed by atoms with Gasteiger partial charge in [0.05, 0.1) is 0 Å². The van der Waals surface area contributed by atoms with Crippen molar-refractivity contribution in [2.24, 2.45) is 5.92 Å². The molecule has 1 N–H and O–H groups in total. The summed E-state index contributed by atoms with van der Waals surface area (Å²) in [5, 5.41) is 3.05. The molecule has 1 aromatic rings. The summed E-state index contributed by atoms with van der Waals surface area (Å²) in [4.78, 5) is 12.0. The summed E-state index contributed by atoms with van der Waals surface area (Å²) >= 11 is 1.87. The number of thioether (sulfide) groups is 1. The molecule has 0 aliphatic carbocycles. The van der Waals surface area contributed by atoms with Gasteiger partial charge in [0.15, 0.2) is 0 Å². The van der Waals surface area contributed by atoms with Crippen molar-refractivity contribution in [1.29, 1.82) is 0 Å². The van der Waals surface area contributed by atoms with Crippen LogP contribution >= 0.6 is 11.8 Å². The Hall–Kier alpha value is -0.960. The van der Waals surface area contributed by atoms with E-state index >= 15 is 0 Å². The first-order chi connectivity index (χ1) is 7.81. The Morgan fingerprint density at radius 1 is 1.50 bits per heavy atom. The van der Waals surface area contributed by atoms with Gasteiger partial charge in [0.2, 0.25) is 5.91 Å². The predicted molar refractivity (Wildman–Crippen MR) is 69.9 cm³/mol. The highest BCUT2D eigenvalue weighted by molar-refractivity contribution is 7.99. The SMILES string of the molecule is CCc1ccccc1NC(=O)C1CCSC1. The minimum absolute atomic E-state index is 0.186. The van der Waals surface area contributed by atoms with E-state index < -0.39 is 0 Å². The number of nitrogens with one attached hydrogen (secondary N) is 1. The normalized spacial score (nSPS) is 19.7. The highest BCUT2D eigenvalue weighted by Gasteiger charge is 2.23. The zero-order valence-electron chi connectivity index (χ0n) is 9.53. The topological polar surface area (TPSA) is 29.1 Å². The smallest absolute Gasteiger partial charge is 0.228 e. The lowest BCUT2D eigenvalue weighted by molar-refractivity contribution is -0.119. The molecule has 3 heteroatoms. The number of hydrogen-bond donors (Lipinski definition) is 1. The molecule has 1 fully saturated rings. The lowest BCUT2D eigenvalue weighted by Gasteiger charge is -2.12. The number of anilines is 1. The van der Waals surface area contributed by atoms with Gasteiger partial charge in [0, 0.05) is 17.4 Å².